The third-order valence-corrected chi connectivity index (χ3v) is 3.66. The van der Waals surface area contributed by atoms with Crippen LogP contribution in [-0.4, -0.2) is 24.4 Å². The summed E-state index contributed by atoms with van der Waals surface area (Å²) in [6.45, 7) is 2.41. The van der Waals surface area contributed by atoms with E-state index in [-0.39, 0.29) is 12.1 Å². The number of nitrogens with one attached hydrogen (secondary N) is 1. The maximum Gasteiger partial charge on any atom is 0.141 e. The Labute approximate surface area is 103 Å². The van der Waals surface area contributed by atoms with Crippen LogP contribution >= 0.6 is 0 Å². The van der Waals surface area contributed by atoms with E-state index in [1.807, 2.05) is 24.3 Å². The van der Waals surface area contributed by atoms with Gasteiger partial charge in [-0.25, -0.2) is 0 Å². The minimum Gasteiger partial charge on any atom is -0.495 e. The zero-order valence-electron chi connectivity index (χ0n) is 10.6. The van der Waals surface area contributed by atoms with Crippen molar-refractivity contribution >= 4 is 5.69 Å². The molecule has 0 spiro atoms. The summed E-state index contributed by atoms with van der Waals surface area (Å²) in [7, 11) is 1.67. The first-order valence-electron chi connectivity index (χ1n) is 6.21. The molecule has 94 valence electrons. The summed E-state index contributed by atoms with van der Waals surface area (Å²) in [6, 6.07) is 7.87. The fourth-order valence-electron chi connectivity index (χ4n) is 2.72. The molecule has 2 unspecified atom stereocenters. The van der Waals surface area contributed by atoms with Crippen LogP contribution < -0.4 is 10.1 Å². The smallest absolute Gasteiger partial charge is 0.141 e. The molecule has 1 saturated carbocycles. The van der Waals surface area contributed by atoms with Crippen LogP contribution in [0.15, 0.2) is 24.3 Å². The Kier molecular flexibility index (Phi) is 3.57. The van der Waals surface area contributed by atoms with Crippen molar-refractivity contribution in [1.29, 1.82) is 0 Å². The molecule has 2 rings (SSSR count). The molecule has 1 aliphatic carbocycles. The zero-order valence-corrected chi connectivity index (χ0v) is 10.6. The molecule has 2 N–H and O–H groups in total. The standard InChI is InChI=1S/C14H21NO2/c1-11-7-8-14(9-11,10-16)15-12-5-3-4-6-13(12)17-2/h3-6,11,15-16H,7-10H2,1-2H3. The lowest BCUT2D eigenvalue weighted by Gasteiger charge is -2.30. The molecule has 0 amide bonds. The molecule has 0 radical (unpaired) electrons. The van der Waals surface area contributed by atoms with Gasteiger partial charge >= 0.3 is 0 Å². The summed E-state index contributed by atoms with van der Waals surface area (Å²) in [5.41, 5.74) is 0.798. The largest absolute Gasteiger partial charge is 0.495 e. The maximum atomic E-state index is 9.66. The summed E-state index contributed by atoms with van der Waals surface area (Å²) in [6.07, 6.45) is 3.20. The Hall–Kier alpha value is -1.22. The van der Waals surface area contributed by atoms with Crippen LogP contribution in [0.5, 0.6) is 5.75 Å². The summed E-state index contributed by atoms with van der Waals surface area (Å²) in [5, 5.41) is 13.1. The molecule has 0 bridgehead atoms. The van der Waals surface area contributed by atoms with Crippen molar-refractivity contribution in [3.8, 4) is 5.75 Å². The number of hydrogen-bond acceptors (Lipinski definition) is 3. The molecule has 0 aliphatic heterocycles. The highest BCUT2D eigenvalue weighted by Crippen LogP contribution is 2.38. The molecular weight excluding hydrogens is 214 g/mol. The van der Waals surface area contributed by atoms with Gasteiger partial charge in [0.25, 0.3) is 0 Å². The molecular formula is C14H21NO2. The Morgan fingerprint density at radius 1 is 1.47 bits per heavy atom. The third kappa shape index (κ3) is 2.55. The van der Waals surface area contributed by atoms with Gasteiger partial charge in [0.2, 0.25) is 0 Å². The number of aliphatic hydroxyl groups excluding tert-OH is 1. The molecule has 1 aromatic rings. The van der Waals surface area contributed by atoms with Gasteiger partial charge in [-0.15, -0.1) is 0 Å². The second kappa shape index (κ2) is 4.96. The van der Waals surface area contributed by atoms with Gasteiger partial charge in [-0.2, -0.15) is 0 Å². The molecule has 0 heterocycles. The number of aliphatic hydroxyl groups is 1. The van der Waals surface area contributed by atoms with Crippen molar-refractivity contribution in [2.45, 2.75) is 31.7 Å². The molecule has 3 heteroatoms. The number of anilines is 1. The van der Waals surface area contributed by atoms with Gasteiger partial charge in [0.05, 0.1) is 24.9 Å². The Morgan fingerprint density at radius 3 is 2.82 bits per heavy atom. The van der Waals surface area contributed by atoms with Crippen LogP contribution in [0.3, 0.4) is 0 Å². The lowest BCUT2D eigenvalue weighted by Crippen LogP contribution is -2.39. The first-order chi connectivity index (χ1) is 8.19. The highest BCUT2D eigenvalue weighted by atomic mass is 16.5. The SMILES string of the molecule is COc1ccccc1NC1(CO)CCC(C)C1. The molecule has 3 nitrogen and oxygen atoms in total. The maximum absolute atomic E-state index is 9.66. The lowest BCUT2D eigenvalue weighted by molar-refractivity contribution is 0.210. The van der Waals surface area contributed by atoms with Gasteiger partial charge in [-0.05, 0) is 37.3 Å². The quantitative estimate of drug-likeness (QED) is 0.843. The fraction of sp³-hybridized carbons (Fsp3) is 0.571. The summed E-state index contributed by atoms with van der Waals surface area (Å²) >= 11 is 0. The predicted octanol–water partition coefficient (Wildman–Crippen LogP) is 2.66. The second-order valence-electron chi connectivity index (χ2n) is 5.11. The number of rotatable bonds is 4. The molecule has 1 fully saturated rings. The monoisotopic (exact) mass is 235 g/mol. The van der Waals surface area contributed by atoms with Crippen LogP contribution in [0.25, 0.3) is 0 Å². The van der Waals surface area contributed by atoms with Crippen molar-refractivity contribution in [2.75, 3.05) is 19.0 Å². The molecule has 0 aromatic heterocycles. The van der Waals surface area contributed by atoms with Gasteiger partial charge in [-0.3, -0.25) is 0 Å². The summed E-state index contributed by atoms with van der Waals surface area (Å²) in [4.78, 5) is 0. The zero-order chi connectivity index (χ0) is 12.3. The topological polar surface area (TPSA) is 41.5 Å². The predicted molar refractivity (Wildman–Crippen MR) is 69.4 cm³/mol. The van der Waals surface area contributed by atoms with Gasteiger partial charge in [0.15, 0.2) is 0 Å². The van der Waals surface area contributed by atoms with Crippen molar-refractivity contribution < 1.29 is 9.84 Å². The molecule has 1 aromatic carbocycles. The Balaban J connectivity index is 2.18. The fourth-order valence-corrected chi connectivity index (χ4v) is 2.72. The average Bonchev–Trinajstić information content (AvgIpc) is 2.72. The van der Waals surface area contributed by atoms with E-state index in [1.54, 1.807) is 7.11 Å². The number of benzene rings is 1. The van der Waals surface area contributed by atoms with Gasteiger partial charge in [0, 0.05) is 0 Å². The Morgan fingerprint density at radius 2 is 2.24 bits per heavy atom. The Bertz CT molecular complexity index is 380. The van der Waals surface area contributed by atoms with Crippen LogP contribution in [-0.2, 0) is 0 Å². The van der Waals surface area contributed by atoms with Crippen molar-refractivity contribution in [3.05, 3.63) is 24.3 Å². The van der Waals surface area contributed by atoms with Crippen molar-refractivity contribution in [1.82, 2.24) is 0 Å². The van der Waals surface area contributed by atoms with Crippen molar-refractivity contribution in [2.24, 2.45) is 5.92 Å². The van der Waals surface area contributed by atoms with Gasteiger partial charge in [0.1, 0.15) is 5.75 Å². The lowest BCUT2D eigenvalue weighted by atomic mass is 9.96. The van der Waals surface area contributed by atoms with E-state index in [2.05, 4.69) is 12.2 Å². The first kappa shape index (κ1) is 12.2. The van der Waals surface area contributed by atoms with Gasteiger partial charge in [-0.1, -0.05) is 19.1 Å². The van der Waals surface area contributed by atoms with Crippen LogP contribution in [0.4, 0.5) is 5.69 Å². The summed E-state index contributed by atoms with van der Waals surface area (Å²) < 4.78 is 5.33. The molecule has 1 aliphatic rings. The number of methoxy groups -OCH3 is 1. The van der Waals surface area contributed by atoms with Gasteiger partial charge < -0.3 is 15.2 Å². The highest BCUT2D eigenvalue weighted by molar-refractivity contribution is 5.57. The average molecular weight is 235 g/mol. The van der Waals surface area contributed by atoms with Crippen LogP contribution in [0.1, 0.15) is 26.2 Å². The molecule has 2 atom stereocenters. The van der Waals surface area contributed by atoms with E-state index in [1.165, 1.54) is 6.42 Å². The minimum absolute atomic E-state index is 0.173. The minimum atomic E-state index is -0.173. The number of ether oxygens (including phenoxy) is 1. The van der Waals surface area contributed by atoms with E-state index in [0.29, 0.717) is 5.92 Å². The molecule has 0 saturated heterocycles. The first-order valence-corrected chi connectivity index (χ1v) is 6.21. The molecule has 17 heavy (non-hydrogen) atoms. The van der Waals surface area contributed by atoms with E-state index < -0.39 is 0 Å². The second-order valence-corrected chi connectivity index (χ2v) is 5.11. The van der Waals surface area contributed by atoms with Crippen molar-refractivity contribution in [3.63, 3.8) is 0 Å². The van der Waals surface area contributed by atoms with Crippen LogP contribution in [0, 0.1) is 5.92 Å². The normalized spacial score (nSPS) is 28.1. The van der Waals surface area contributed by atoms with E-state index >= 15 is 0 Å². The van der Waals surface area contributed by atoms with E-state index in [9.17, 15) is 5.11 Å². The van der Waals surface area contributed by atoms with Crippen LogP contribution in [0.2, 0.25) is 0 Å². The van der Waals surface area contributed by atoms with E-state index in [4.69, 9.17) is 4.74 Å². The summed E-state index contributed by atoms with van der Waals surface area (Å²) in [5.74, 6) is 1.50. The van der Waals surface area contributed by atoms with E-state index in [0.717, 1.165) is 24.3 Å². The third-order valence-electron chi connectivity index (χ3n) is 3.66. The number of para-hydroxylation sites is 2. The number of hydrogen-bond donors (Lipinski definition) is 2. The highest BCUT2D eigenvalue weighted by Gasteiger charge is 2.37.